The zero-order valence-electron chi connectivity index (χ0n) is 22.0. The van der Waals surface area contributed by atoms with Gasteiger partial charge in [-0.15, -0.1) is 0 Å². The van der Waals surface area contributed by atoms with E-state index < -0.39 is 5.97 Å². The number of esters is 1. The summed E-state index contributed by atoms with van der Waals surface area (Å²) in [6.07, 6.45) is 1.46. The Balaban J connectivity index is 1.24. The molecule has 0 saturated carbocycles. The number of likely N-dealkylation sites (N-methyl/N-ethyl adjacent to an activating group) is 1. The molecule has 10 nitrogen and oxygen atoms in total. The molecule has 2 heterocycles. The molecule has 10 heteroatoms. The Labute approximate surface area is 227 Å². The Hall–Kier alpha value is -4.54. The van der Waals surface area contributed by atoms with Crippen LogP contribution in [0.5, 0.6) is 0 Å². The molecule has 200 valence electrons. The number of aromatic nitrogens is 2. The van der Waals surface area contributed by atoms with Gasteiger partial charge in [-0.3, -0.25) is 4.90 Å². The number of ether oxygens (including phenoxy) is 1. The molecule has 0 unspecified atom stereocenters. The van der Waals surface area contributed by atoms with Crippen LogP contribution in [0.2, 0.25) is 0 Å². The van der Waals surface area contributed by atoms with E-state index in [0.717, 1.165) is 32.7 Å². The third kappa shape index (κ3) is 6.67. The summed E-state index contributed by atoms with van der Waals surface area (Å²) < 4.78 is 4.80. The highest BCUT2D eigenvalue weighted by Gasteiger charge is 2.14. The Kier molecular flexibility index (Phi) is 7.95. The summed E-state index contributed by atoms with van der Waals surface area (Å²) in [5.41, 5.74) is 4.33. The second kappa shape index (κ2) is 11.9. The predicted octanol–water partition coefficient (Wildman–Crippen LogP) is 4.55. The van der Waals surface area contributed by atoms with Gasteiger partial charge in [0.2, 0.25) is 0 Å². The van der Waals surface area contributed by atoms with Crippen LogP contribution in [0.15, 0.2) is 73.1 Å². The van der Waals surface area contributed by atoms with Crippen LogP contribution in [0.3, 0.4) is 0 Å². The highest BCUT2D eigenvalue weighted by atomic mass is 16.5. The fourth-order valence-corrected chi connectivity index (χ4v) is 4.46. The fraction of sp³-hybridized carbons (Fsp3) is 0.241. The minimum absolute atomic E-state index is 0.349. The molecule has 0 aliphatic carbocycles. The lowest BCUT2D eigenvalue weighted by atomic mass is 10.1. The van der Waals surface area contributed by atoms with Crippen molar-refractivity contribution >= 4 is 45.8 Å². The Morgan fingerprint density at radius 2 is 1.62 bits per heavy atom. The van der Waals surface area contributed by atoms with Gasteiger partial charge < -0.3 is 25.6 Å². The van der Waals surface area contributed by atoms with E-state index in [1.807, 2.05) is 24.3 Å². The molecule has 0 spiro atoms. The summed E-state index contributed by atoms with van der Waals surface area (Å²) in [7, 11) is 3.49. The number of hydrogen-bond donors (Lipinski definition) is 3. The topological polar surface area (TPSA) is 112 Å². The minimum Gasteiger partial charge on any atom is -0.465 e. The number of nitrogens with one attached hydrogen (secondary N) is 3. The van der Waals surface area contributed by atoms with Gasteiger partial charge >= 0.3 is 12.0 Å². The largest absolute Gasteiger partial charge is 0.465 e. The van der Waals surface area contributed by atoms with Crippen LogP contribution in [-0.2, 0) is 11.3 Å². The van der Waals surface area contributed by atoms with Crippen LogP contribution >= 0.6 is 0 Å². The number of nitrogens with zero attached hydrogens (tertiary/aromatic N) is 4. The van der Waals surface area contributed by atoms with E-state index in [9.17, 15) is 9.59 Å². The van der Waals surface area contributed by atoms with Crippen LogP contribution in [0.25, 0.3) is 10.9 Å². The lowest BCUT2D eigenvalue weighted by Crippen LogP contribution is -2.43. The second-order valence-corrected chi connectivity index (χ2v) is 9.51. The van der Waals surface area contributed by atoms with Gasteiger partial charge in [-0.2, -0.15) is 0 Å². The molecular weight excluding hydrogens is 494 g/mol. The average molecular weight is 526 g/mol. The van der Waals surface area contributed by atoms with Crippen molar-refractivity contribution in [2.24, 2.45) is 0 Å². The summed E-state index contributed by atoms with van der Waals surface area (Å²) >= 11 is 0. The monoisotopic (exact) mass is 525 g/mol. The van der Waals surface area contributed by atoms with Crippen LogP contribution in [0.4, 0.5) is 27.7 Å². The molecule has 39 heavy (non-hydrogen) atoms. The highest BCUT2D eigenvalue weighted by Crippen LogP contribution is 2.26. The number of urea groups is 1. The number of amides is 2. The number of carbonyl (C=O) groups excluding carboxylic acids is 2. The smallest absolute Gasteiger partial charge is 0.337 e. The van der Waals surface area contributed by atoms with Gasteiger partial charge in [0.25, 0.3) is 0 Å². The van der Waals surface area contributed by atoms with E-state index in [1.165, 1.54) is 19.0 Å². The number of rotatable bonds is 7. The molecule has 2 amide bonds. The summed E-state index contributed by atoms with van der Waals surface area (Å²) in [5.74, 6) is 0.121. The van der Waals surface area contributed by atoms with Crippen molar-refractivity contribution in [1.82, 2.24) is 19.8 Å². The maximum absolute atomic E-state index is 12.7. The van der Waals surface area contributed by atoms with E-state index >= 15 is 0 Å². The first-order valence-electron chi connectivity index (χ1n) is 12.7. The first kappa shape index (κ1) is 26.1. The van der Waals surface area contributed by atoms with Crippen LogP contribution < -0.4 is 16.0 Å². The lowest BCUT2D eigenvalue weighted by Gasteiger charge is -2.32. The molecule has 1 aliphatic heterocycles. The van der Waals surface area contributed by atoms with Crippen LogP contribution in [0, 0.1) is 0 Å². The van der Waals surface area contributed by atoms with Gasteiger partial charge in [0.05, 0.1) is 18.2 Å². The molecule has 0 radical (unpaired) electrons. The van der Waals surface area contributed by atoms with Gasteiger partial charge in [-0.1, -0.05) is 18.2 Å². The van der Waals surface area contributed by atoms with Crippen LogP contribution in [0.1, 0.15) is 15.9 Å². The Morgan fingerprint density at radius 1 is 0.872 bits per heavy atom. The zero-order valence-corrected chi connectivity index (χ0v) is 22.0. The summed E-state index contributed by atoms with van der Waals surface area (Å²) in [4.78, 5) is 38.1. The van der Waals surface area contributed by atoms with Gasteiger partial charge in [-0.05, 0) is 61.1 Å². The second-order valence-electron chi connectivity index (χ2n) is 9.51. The Morgan fingerprint density at radius 3 is 2.38 bits per heavy atom. The number of methoxy groups -OCH3 is 1. The molecule has 5 rings (SSSR count). The van der Waals surface area contributed by atoms with Gasteiger partial charge in [0.1, 0.15) is 12.1 Å². The maximum atomic E-state index is 12.7. The zero-order chi connectivity index (χ0) is 27.2. The number of fused-ring (bicyclic) bond motifs is 1. The molecule has 1 aliphatic rings. The summed E-state index contributed by atoms with van der Waals surface area (Å²) in [6, 6.07) is 19.9. The fourth-order valence-electron chi connectivity index (χ4n) is 4.46. The highest BCUT2D eigenvalue weighted by molar-refractivity contribution is 6.02. The number of piperazine rings is 1. The van der Waals surface area contributed by atoms with E-state index in [-0.39, 0.29) is 6.03 Å². The van der Waals surface area contributed by atoms with Crippen LogP contribution in [-0.4, -0.2) is 72.1 Å². The van der Waals surface area contributed by atoms with Gasteiger partial charge in [0.15, 0.2) is 0 Å². The third-order valence-electron chi connectivity index (χ3n) is 6.65. The van der Waals surface area contributed by atoms with Crippen molar-refractivity contribution in [2.75, 3.05) is 56.3 Å². The van der Waals surface area contributed by atoms with Crippen molar-refractivity contribution in [3.8, 4) is 0 Å². The number of hydrogen-bond acceptors (Lipinski definition) is 8. The maximum Gasteiger partial charge on any atom is 0.337 e. The molecule has 1 fully saturated rings. The first-order chi connectivity index (χ1) is 19.0. The molecule has 1 saturated heterocycles. The van der Waals surface area contributed by atoms with Crippen molar-refractivity contribution in [3.05, 3.63) is 84.2 Å². The molecule has 4 aromatic rings. The van der Waals surface area contributed by atoms with E-state index in [1.54, 1.807) is 30.3 Å². The van der Waals surface area contributed by atoms with E-state index in [4.69, 9.17) is 4.74 Å². The molecular formula is C29H31N7O3. The van der Waals surface area contributed by atoms with Crippen molar-refractivity contribution in [3.63, 3.8) is 0 Å². The van der Waals surface area contributed by atoms with E-state index in [2.05, 4.69) is 54.9 Å². The third-order valence-corrected chi connectivity index (χ3v) is 6.65. The quantitative estimate of drug-likeness (QED) is 0.301. The SMILES string of the molecule is COC(=O)c1cccc(Nc2ncnc3ccc(NC(=O)Nc4ccc(CN5CCN(C)CC5)cc4)cc23)c1. The molecule has 1 aromatic heterocycles. The standard InChI is InChI=1S/C29H31N7O3/c1-35-12-14-36(15-13-35)18-20-6-8-22(9-7-20)33-29(38)34-24-10-11-26-25(17-24)27(31-19-30-26)32-23-5-3-4-21(16-23)28(37)39-2/h3-11,16-17,19H,12-15,18H2,1-2H3,(H,30,31,32)(H2,33,34,38). The normalized spacial score (nSPS) is 14.1. The lowest BCUT2D eigenvalue weighted by molar-refractivity contribution is 0.0600. The van der Waals surface area contributed by atoms with E-state index in [0.29, 0.717) is 39.3 Å². The molecule has 0 atom stereocenters. The minimum atomic E-state index is -0.423. The summed E-state index contributed by atoms with van der Waals surface area (Å²) in [6.45, 7) is 5.20. The first-order valence-corrected chi connectivity index (χ1v) is 12.7. The Bertz CT molecular complexity index is 1470. The number of benzene rings is 3. The van der Waals surface area contributed by atoms with Gasteiger partial charge in [0, 0.05) is 55.2 Å². The van der Waals surface area contributed by atoms with Crippen molar-refractivity contribution in [2.45, 2.75) is 6.54 Å². The average Bonchev–Trinajstić information content (AvgIpc) is 2.95. The van der Waals surface area contributed by atoms with Crippen molar-refractivity contribution in [1.29, 1.82) is 0 Å². The van der Waals surface area contributed by atoms with Crippen molar-refractivity contribution < 1.29 is 14.3 Å². The number of carbonyl (C=O) groups is 2. The molecule has 0 bridgehead atoms. The van der Waals surface area contributed by atoms with Gasteiger partial charge in [-0.25, -0.2) is 19.6 Å². The number of anilines is 4. The molecule has 3 aromatic carbocycles. The summed E-state index contributed by atoms with van der Waals surface area (Å²) in [5, 5.41) is 9.72. The molecule has 3 N–H and O–H groups in total. The predicted molar refractivity (Wildman–Crippen MR) is 152 cm³/mol.